The van der Waals surface area contributed by atoms with Gasteiger partial charge in [-0.2, -0.15) is 0 Å². The van der Waals surface area contributed by atoms with Crippen molar-refractivity contribution in [3.05, 3.63) is 41.2 Å². The van der Waals surface area contributed by atoms with E-state index in [-0.39, 0.29) is 5.02 Å². The summed E-state index contributed by atoms with van der Waals surface area (Å²) in [5, 5.41) is 3.31. The van der Waals surface area contributed by atoms with Gasteiger partial charge in [0.15, 0.2) is 5.88 Å². The maximum Gasteiger partial charge on any atom is 0.193 e. The molecule has 0 amide bonds. The number of rotatable bonds is 6. The van der Waals surface area contributed by atoms with Crippen molar-refractivity contribution in [2.24, 2.45) is 0 Å². The van der Waals surface area contributed by atoms with Crippen LogP contribution in [0.5, 0.6) is 0 Å². The van der Waals surface area contributed by atoms with Crippen molar-refractivity contribution in [1.29, 1.82) is 0 Å². The Morgan fingerprint density at radius 2 is 2.05 bits per heavy atom. The molecule has 0 fully saturated rings. The van der Waals surface area contributed by atoms with E-state index in [1.54, 1.807) is 12.1 Å². The third-order valence-electron chi connectivity index (χ3n) is 2.89. The zero-order valence-electron chi connectivity index (χ0n) is 11.6. The van der Waals surface area contributed by atoms with Crippen LogP contribution in [0, 0.1) is 5.82 Å². The summed E-state index contributed by atoms with van der Waals surface area (Å²) >= 11 is 5.77. The molecule has 5 heteroatoms. The normalized spacial score (nSPS) is 11.1. The number of nitrogens with one attached hydrogen (secondary N) is 1. The van der Waals surface area contributed by atoms with Crippen LogP contribution in [-0.4, -0.2) is 32.1 Å². The van der Waals surface area contributed by atoms with Crippen molar-refractivity contribution >= 4 is 17.5 Å². The molecule has 2 rings (SSSR count). The van der Waals surface area contributed by atoms with Crippen LogP contribution < -0.4 is 5.32 Å². The number of hydrogen-bond donors (Lipinski definition) is 1. The predicted molar refractivity (Wildman–Crippen MR) is 80.8 cm³/mol. The minimum Gasteiger partial charge on any atom is -0.441 e. The van der Waals surface area contributed by atoms with Crippen LogP contribution >= 0.6 is 11.6 Å². The first kappa shape index (κ1) is 14.9. The number of furan rings is 1. The Labute approximate surface area is 123 Å². The predicted octanol–water partition coefficient (Wildman–Crippen LogP) is 4.10. The van der Waals surface area contributed by atoms with Crippen molar-refractivity contribution in [2.75, 3.05) is 32.5 Å². The molecule has 0 aliphatic heterocycles. The van der Waals surface area contributed by atoms with E-state index in [1.165, 1.54) is 6.07 Å². The third-order valence-corrected chi connectivity index (χ3v) is 3.18. The monoisotopic (exact) mass is 296 g/mol. The van der Waals surface area contributed by atoms with Gasteiger partial charge < -0.3 is 14.6 Å². The maximum atomic E-state index is 13.1. The first-order valence-corrected chi connectivity index (χ1v) is 6.88. The van der Waals surface area contributed by atoms with E-state index in [0.29, 0.717) is 11.6 Å². The van der Waals surface area contributed by atoms with Crippen molar-refractivity contribution in [1.82, 2.24) is 4.90 Å². The van der Waals surface area contributed by atoms with Gasteiger partial charge in [-0.3, -0.25) is 0 Å². The zero-order chi connectivity index (χ0) is 14.5. The Kier molecular flexibility index (Phi) is 5.04. The lowest BCUT2D eigenvalue weighted by molar-refractivity contribution is 0.404. The molecular formula is C15H18ClFN2O. The van der Waals surface area contributed by atoms with Crippen LogP contribution in [0.1, 0.15) is 6.42 Å². The van der Waals surface area contributed by atoms with E-state index in [2.05, 4.69) is 10.2 Å². The van der Waals surface area contributed by atoms with Crippen molar-refractivity contribution < 1.29 is 8.81 Å². The highest BCUT2D eigenvalue weighted by Crippen LogP contribution is 2.28. The molecule has 1 aromatic heterocycles. The number of hydrogen-bond acceptors (Lipinski definition) is 3. The van der Waals surface area contributed by atoms with Crippen LogP contribution in [0.3, 0.4) is 0 Å². The Hall–Kier alpha value is -1.52. The quantitative estimate of drug-likeness (QED) is 0.814. The van der Waals surface area contributed by atoms with E-state index >= 15 is 0 Å². The van der Waals surface area contributed by atoms with E-state index in [1.807, 2.05) is 26.2 Å². The topological polar surface area (TPSA) is 28.4 Å². The first-order valence-electron chi connectivity index (χ1n) is 6.50. The first-order chi connectivity index (χ1) is 9.56. The number of nitrogens with zero attached hydrogens (tertiary/aromatic N) is 1. The Morgan fingerprint density at radius 3 is 2.75 bits per heavy atom. The molecule has 0 aliphatic rings. The largest absolute Gasteiger partial charge is 0.441 e. The minimum atomic E-state index is -0.427. The second-order valence-electron chi connectivity index (χ2n) is 4.88. The van der Waals surface area contributed by atoms with Crippen LogP contribution in [0.25, 0.3) is 11.3 Å². The van der Waals surface area contributed by atoms with E-state index in [0.717, 1.165) is 25.1 Å². The van der Waals surface area contributed by atoms with Gasteiger partial charge in [0.25, 0.3) is 0 Å². The summed E-state index contributed by atoms with van der Waals surface area (Å²) in [4.78, 5) is 2.13. The van der Waals surface area contributed by atoms with Crippen LogP contribution in [-0.2, 0) is 0 Å². The minimum absolute atomic E-state index is 0.0967. The lowest BCUT2D eigenvalue weighted by Gasteiger charge is -2.09. The van der Waals surface area contributed by atoms with Crippen molar-refractivity contribution in [3.63, 3.8) is 0 Å². The zero-order valence-corrected chi connectivity index (χ0v) is 12.4. The van der Waals surface area contributed by atoms with Crippen molar-refractivity contribution in [2.45, 2.75) is 6.42 Å². The van der Waals surface area contributed by atoms with Gasteiger partial charge in [-0.15, -0.1) is 0 Å². The third kappa shape index (κ3) is 3.99. The van der Waals surface area contributed by atoms with Gasteiger partial charge in [-0.25, -0.2) is 4.39 Å². The SMILES string of the molecule is CN(C)CCCNc1ccc(-c2ccc(F)c(Cl)c2)o1. The fraction of sp³-hybridized carbons (Fsp3) is 0.333. The Bertz CT molecular complexity index is 569. The molecule has 1 N–H and O–H groups in total. The summed E-state index contributed by atoms with van der Waals surface area (Å²) in [5.41, 5.74) is 0.762. The molecule has 0 spiro atoms. The second-order valence-corrected chi connectivity index (χ2v) is 5.28. The average molecular weight is 297 g/mol. The molecule has 0 aliphatic carbocycles. The fourth-order valence-electron chi connectivity index (χ4n) is 1.84. The molecule has 0 atom stereocenters. The van der Waals surface area contributed by atoms with Crippen molar-refractivity contribution in [3.8, 4) is 11.3 Å². The highest BCUT2D eigenvalue weighted by atomic mass is 35.5. The summed E-state index contributed by atoms with van der Waals surface area (Å²) in [7, 11) is 4.09. The number of halogens is 2. The van der Waals surface area contributed by atoms with Gasteiger partial charge in [-0.05, 0) is 51.3 Å². The van der Waals surface area contributed by atoms with Gasteiger partial charge in [0.1, 0.15) is 11.6 Å². The smallest absolute Gasteiger partial charge is 0.193 e. The summed E-state index contributed by atoms with van der Waals surface area (Å²) in [5.74, 6) is 0.949. The molecule has 1 heterocycles. The second kappa shape index (κ2) is 6.77. The molecule has 108 valence electrons. The summed E-state index contributed by atoms with van der Waals surface area (Å²) in [6.07, 6.45) is 1.03. The molecule has 2 aromatic rings. The highest BCUT2D eigenvalue weighted by Gasteiger charge is 2.07. The average Bonchev–Trinajstić information content (AvgIpc) is 2.86. The van der Waals surface area contributed by atoms with Gasteiger partial charge >= 0.3 is 0 Å². The van der Waals surface area contributed by atoms with E-state index in [4.69, 9.17) is 16.0 Å². The molecule has 0 saturated heterocycles. The highest BCUT2D eigenvalue weighted by molar-refractivity contribution is 6.31. The van der Waals surface area contributed by atoms with Crippen LogP contribution in [0.15, 0.2) is 34.7 Å². The molecule has 3 nitrogen and oxygen atoms in total. The maximum absolute atomic E-state index is 13.1. The van der Waals surface area contributed by atoms with Crippen LogP contribution in [0.2, 0.25) is 5.02 Å². The number of anilines is 1. The van der Waals surface area contributed by atoms with Crippen LogP contribution in [0.4, 0.5) is 10.3 Å². The van der Waals surface area contributed by atoms with Gasteiger partial charge in [0.2, 0.25) is 0 Å². The fourth-order valence-corrected chi connectivity index (χ4v) is 2.02. The standard InChI is InChI=1S/C15H18ClFN2O/c1-19(2)9-3-8-18-15-7-6-14(20-15)11-4-5-13(17)12(16)10-11/h4-7,10,18H,3,8-9H2,1-2H3. The van der Waals surface area contributed by atoms with E-state index in [9.17, 15) is 4.39 Å². The van der Waals surface area contributed by atoms with Gasteiger partial charge in [0, 0.05) is 18.2 Å². The summed E-state index contributed by atoms with van der Waals surface area (Å²) in [6.45, 7) is 1.86. The summed E-state index contributed by atoms with van der Waals surface area (Å²) < 4.78 is 18.8. The molecular weight excluding hydrogens is 279 g/mol. The molecule has 0 unspecified atom stereocenters. The molecule has 0 bridgehead atoms. The van der Waals surface area contributed by atoms with E-state index < -0.39 is 5.82 Å². The molecule has 1 aromatic carbocycles. The molecule has 0 radical (unpaired) electrons. The molecule has 20 heavy (non-hydrogen) atoms. The Morgan fingerprint density at radius 1 is 1.25 bits per heavy atom. The lowest BCUT2D eigenvalue weighted by Crippen LogP contribution is -2.16. The van der Waals surface area contributed by atoms with Gasteiger partial charge in [0.05, 0.1) is 5.02 Å². The Balaban J connectivity index is 1.96. The lowest BCUT2D eigenvalue weighted by atomic mass is 10.2. The summed E-state index contributed by atoms with van der Waals surface area (Å²) in [6, 6.07) is 8.26. The molecule has 0 saturated carbocycles. The van der Waals surface area contributed by atoms with Gasteiger partial charge in [-0.1, -0.05) is 11.6 Å². The number of benzene rings is 1.